The highest BCUT2D eigenvalue weighted by Crippen LogP contribution is 2.44. The molecule has 0 aliphatic carbocycles. The fraction of sp³-hybridized carbons (Fsp3) is 0.273. The Balaban J connectivity index is 1.30. The third kappa shape index (κ3) is 5.98. The van der Waals surface area contributed by atoms with Gasteiger partial charge in [-0.15, -0.1) is 0 Å². The molecule has 2 aliphatic rings. The molecule has 0 radical (unpaired) electrons. The van der Waals surface area contributed by atoms with Crippen LogP contribution in [0.5, 0.6) is 23.0 Å². The summed E-state index contributed by atoms with van der Waals surface area (Å²) >= 11 is 6.23. The van der Waals surface area contributed by atoms with Crippen molar-refractivity contribution < 1.29 is 27.4 Å². The SMILES string of the molecule is COc1ccc(CN(Cc2ccc(OC)cc2)S(=O)(=O)c2ccc3c(c2)NC[C@@]2(CCOc4cc(Cl)ccc42)CO3)cc1. The number of sulfonamides is 1. The first-order valence-electron chi connectivity index (χ1n) is 14.0. The number of rotatable bonds is 8. The highest BCUT2D eigenvalue weighted by molar-refractivity contribution is 7.89. The van der Waals surface area contributed by atoms with E-state index >= 15 is 0 Å². The van der Waals surface area contributed by atoms with Gasteiger partial charge in [0, 0.05) is 30.2 Å². The molecule has 224 valence electrons. The van der Waals surface area contributed by atoms with Crippen molar-refractivity contribution in [3.63, 3.8) is 0 Å². The summed E-state index contributed by atoms with van der Waals surface area (Å²) in [6.07, 6.45) is 0.755. The Labute approximate surface area is 257 Å². The maximum Gasteiger partial charge on any atom is 0.243 e. The smallest absolute Gasteiger partial charge is 0.243 e. The molecule has 43 heavy (non-hydrogen) atoms. The van der Waals surface area contributed by atoms with Gasteiger partial charge in [-0.3, -0.25) is 0 Å². The molecule has 0 saturated heterocycles. The fourth-order valence-corrected chi connectivity index (χ4v) is 7.19. The number of nitrogens with one attached hydrogen (secondary N) is 1. The lowest BCUT2D eigenvalue weighted by atomic mass is 9.76. The van der Waals surface area contributed by atoms with E-state index in [1.807, 2.05) is 66.7 Å². The van der Waals surface area contributed by atoms with Crippen LogP contribution in [0.4, 0.5) is 5.69 Å². The van der Waals surface area contributed by atoms with Crippen LogP contribution in [-0.2, 0) is 28.5 Å². The third-order valence-corrected chi connectivity index (χ3v) is 10.1. The predicted molar refractivity (Wildman–Crippen MR) is 166 cm³/mol. The minimum atomic E-state index is -3.92. The summed E-state index contributed by atoms with van der Waals surface area (Å²) in [5.74, 6) is 2.78. The number of hydrogen-bond acceptors (Lipinski definition) is 7. The van der Waals surface area contributed by atoms with Gasteiger partial charge in [0.2, 0.25) is 10.0 Å². The lowest BCUT2D eigenvalue weighted by Gasteiger charge is -2.37. The number of fused-ring (bicyclic) bond motifs is 3. The Morgan fingerprint density at radius 2 is 1.49 bits per heavy atom. The Morgan fingerprint density at radius 3 is 2.12 bits per heavy atom. The van der Waals surface area contributed by atoms with E-state index in [1.165, 1.54) is 4.31 Å². The molecule has 1 atom stereocenters. The maximum absolute atomic E-state index is 14.2. The highest BCUT2D eigenvalue weighted by atomic mass is 35.5. The molecule has 2 aliphatic heterocycles. The lowest BCUT2D eigenvalue weighted by Crippen LogP contribution is -2.43. The van der Waals surface area contributed by atoms with Gasteiger partial charge in [-0.05, 0) is 72.1 Å². The van der Waals surface area contributed by atoms with E-state index in [-0.39, 0.29) is 23.4 Å². The fourth-order valence-electron chi connectivity index (χ4n) is 5.59. The minimum absolute atomic E-state index is 0.180. The molecule has 1 spiro atoms. The minimum Gasteiger partial charge on any atom is -0.497 e. The van der Waals surface area contributed by atoms with Crippen LogP contribution in [0.25, 0.3) is 0 Å². The van der Waals surface area contributed by atoms with Crippen molar-refractivity contribution >= 4 is 27.3 Å². The normalized spacial score (nSPS) is 17.6. The van der Waals surface area contributed by atoms with E-state index in [0.717, 1.165) is 28.9 Å². The standard InChI is InChI=1S/C33H33ClN2O6S/c1-39-26-8-3-23(4-9-26)19-36(20-24-5-10-27(40-2)11-6-24)43(37,38)28-12-14-31-30(18-28)35-21-33(22-42-31)15-16-41-32-17-25(34)7-13-29(32)33/h3-14,17-18,35H,15-16,19-22H2,1-2H3/t33-/m0/s1. The molecule has 1 N–H and O–H groups in total. The molecule has 2 heterocycles. The maximum atomic E-state index is 14.2. The third-order valence-electron chi connectivity index (χ3n) is 8.10. The summed E-state index contributed by atoms with van der Waals surface area (Å²) in [7, 11) is -0.718. The van der Waals surface area contributed by atoms with Crippen molar-refractivity contribution in [2.24, 2.45) is 0 Å². The molecule has 10 heteroatoms. The molecule has 0 saturated carbocycles. The Hall–Kier alpha value is -3.92. The zero-order valence-corrected chi connectivity index (χ0v) is 25.6. The summed E-state index contributed by atoms with van der Waals surface area (Å²) in [6.45, 7) is 1.89. The summed E-state index contributed by atoms with van der Waals surface area (Å²) in [6, 6.07) is 25.5. The quantitative estimate of drug-likeness (QED) is 0.248. The second-order valence-corrected chi connectivity index (χ2v) is 13.2. The van der Waals surface area contributed by atoms with Gasteiger partial charge in [0.05, 0.1) is 43.4 Å². The molecule has 0 amide bonds. The van der Waals surface area contributed by atoms with Gasteiger partial charge >= 0.3 is 0 Å². The van der Waals surface area contributed by atoms with Crippen LogP contribution in [0, 0.1) is 0 Å². The average molecular weight is 621 g/mol. The molecule has 4 aromatic carbocycles. The van der Waals surface area contributed by atoms with Crippen LogP contribution in [0.15, 0.2) is 89.8 Å². The molecule has 4 aromatic rings. The van der Waals surface area contributed by atoms with Crippen LogP contribution < -0.4 is 24.3 Å². The summed E-state index contributed by atoms with van der Waals surface area (Å²) in [5.41, 5.74) is 3.00. The van der Waals surface area contributed by atoms with E-state index in [2.05, 4.69) is 5.32 Å². The van der Waals surface area contributed by atoms with Crippen molar-refractivity contribution in [2.75, 3.05) is 39.3 Å². The topological polar surface area (TPSA) is 86.3 Å². The number of hydrogen-bond donors (Lipinski definition) is 1. The number of benzene rings is 4. The van der Waals surface area contributed by atoms with Crippen LogP contribution in [0.1, 0.15) is 23.1 Å². The number of ether oxygens (including phenoxy) is 4. The Bertz CT molecular complexity index is 1660. The first-order valence-corrected chi connectivity index (χ1v) is 15.8. The predicted octanol–water partition coefficient (Wildman–Crippen LogP) is 6.27. The molecule has 8 nitrogen and oxygen atoms in total. The molecule has 6 rings (SSSR count). The molecular weight excluding hydrogens is 588 g/mol. The zero-order chi connectivity index (χ0) is 30.0. The second kappa shape index (κ2) is 12.0. The second-order valence-electron chi connectivity index (χ2n) is 10.8. The summed E-state index contributed by atoms with van der Waals surface area (Å²) in [5, 5.41) is 4.11. The van der Waals surface area contributed by atoms with Gasteiger partial charge in [-0.25, -0.2) is 8.42 Å². The van der Waals surface area contributed by atoms with Crippen molar-refractivity contribution in [3.8, 4) is 23.0 Å². The Morgan fingerprint density at radius 1 is 0.837 bits per heavy atom. The molecule has 0 aromatic heterocycles. The van der Waals surface area contributed by atoms with Gasteiger partial charge in [0.15, 0.2) is 0 Å². The summed E-state index contributed by atoms with van der Waals surface area (Å²) in [4.78, 5) is 0.180. The molecule has 0 bridgehead atoms. The summed E-state index contributed by atoms with van der Waals surface area (Å²) < 4.78 is 52.7. The van der Waals surface area contributed by atoms with Crippen molar-refractivity contribution in [1.29, 1.82) is 0 Å². The average Bonchev–Trinajstić information content (AvgIpc) is 3.21. The molecule has 0 fully saturated rings. The van der Waals surface area contributed by atoms with Crippen molar-refractivity contribution in [1.82, 2.24) is 4.31 Å². The molecular formula is C33H33ClN2O6S. The van der Waals surface area contributed by atoms with Crippen LogP contribution in [-0.4, -0.2) is 46.7 Å². The van der Waals surface area contributed by atoms with Crippen molar-refractivity contribution in [3.05, 3.63) is 107 Å². The van der Waals surface area contributed by atoms with Crippen LogP contribution >= 0.6 is 11.6 Å². The monoisotopic (exact) mass is 620 g/mol. The van der Waals surface area contributed by atoms with Crippen LogP contribution in [0.3, 0.4) is 0 Å². The van der Waals surface area contributed by atoms with Crippen molar-refractivity contribution in [2.45, 2.75) is 29.8 Å². The van der Waals surface area contributed by atoms with E-state index in [4.69, 9.17) is 30.5 Å². The Kier molecular flexibility index (Phi) is 8.13. The first-order chi connectivity index (χ1) is 20.8. The largest absolute Gasteiger partial charge is 0.497 e. The van der Waals surface area contributed by atoms with Gasteiger partial charge < -0.3 is 24.3 Å². The first kappa shape index (κ1) is 29.2. The number of nitrogens with zero attached hydrogens (tertiary/aromatic N) is 1. The number of methoxy groups -OCH3 is 2. The molecule has 0 unspecified atom stereocenters. The van der Waals surface area contributed by atoms with E-state index in [9.17, 15) is 8.42 Å². The van der Waals surface area contributed by atoms with E-state index in [1.54, 1.807) is 32.4 Å². The highest BCUT2D eigenvalue weighted by Gasteiger charge is 2.41. The van der Waals surface area contributed by atoms with Gasteiger partial charge in [0.1, 0.15) is 23.0 Å². The zero-order valence-electron chi connectivity index (χ0n) is 24.0. The van der Waals surface area contributed by atoms with Gasteiger partial charge in [-0.1, -0.05) is 41.9 Å². The van der Waals surface area contributed by atoms with Gasteiger partial charge in [-0.2, -0.15) is 4.31 Å². The van der Waals surface area contributed by atoms with E-state index in [0.29, 0.717) is 47.7 Å². The number of halogens is 1. The number of anilines is 1. The van der Waals surface area contributed by atoms with Crippen LogP contribution in [0.2, 0.25) is 5.02 Å². The van der Waals surface area contributed by atoms with E-state index < -0.39 is 10.0 Å². The van der Waals surface area contributed by atoms with Gasteiger partial charge in [0.25, 0.3) is 0 Å². The lowest BCUT2D eigenvalue weighted by molar-refractivity contribution is 0.160.